The Hall–Kier alpha value is -1.98. The summed E-state index contributed by atoms with van der Waals surface area (Å²) in [5.41, 5.74) is -1.18. The molecule has 0 saturated carbocycles. The molecule has 1 aromatic rings. The van der Waals surface area contributed by atoms with E-state index in [4.69, 9.17) is 0 Å². The third-order valence-electron chi connectivity index (χ3n) is 2.47. The first-order valence-electron chi connectivity index (χ1n) is 4.94. The quantitative estimate of drug-likeness (QED) is 0.761. The lowest BCUT2D eigenvalue weighted by molar-refractivity contribution is -0.121. The summed E-state index contributed by atoms with van der Waals surface area (Å²) in [5, 5.41) is 2.42. The van der Waals surface area contributed by atoms with Gasteiger partial charge in [-0.1, -0.05) is 0 Å². The van der Waals surface area contributed by atoms with E-state index in [1.54, 1.807) is 0 Å². The van der Waals surface area contributed by atoms with Crippen molar-refractivity contribution in [3.8, 4) is 0 Å². The van der Waals surface area contributed by atoms with Gasteiger partial charge in [0.05, 0.1) is 5.69 Å². The van der Waals surface area contributed by atoms with Crippen LogP contribution in [0, 0.1) is 11.6 Å². The molecule has 17 heavy (non-hydrogen) atoms. The van der Waals surface area contributed by atoms with Gasteiger partial charge in [0, 0.05) is 6.07 Å². The van der Waals surface area contributed by atoms with E-state index in [2.05, 4.69) is 5.32 Å². The van der Waals surface area contributed by atoms with Gasteiger partial charge in [-0.3, -0.25) is 4.79 Å². The van der Waals surface area contributed by atoms with E-state index >= 15 is 0 Å². The van der Waals surface area contributed by atoms with E-state index in [0.717, 1.165) is 17.0 Å². The highest BCUT2D eigenvalue weighted by molar-refractivity contribution is 6.22. The van der Waals surface area contributed by atoms with Gasteiger partial charge in [-0.2, -0.15) is 0 Å². The molecular weight excluding hydrogens is 230 g/mol. The second-order valence-corrected chi connectivity index (χ2v) is 4.32. The summed E-state index contributed by atoms with van der Waals surface area (Å²) in [6.07, 6.45) is 0. The van der Waals surface area contributed by atoms with Gasteiger partial charge in [0.2, 0.25) is 0 Å². The van der Waals surface area contributed by atoms with Crippen molar-refractivity contribution < 1.29 is 18.4 Å². The standard InChI is InChI=1S/C11H10F2N2O2/c1-11(2)9(16)15(10(17)14-11)8-4-6(12)3-7(13)5-8/h3-5H,1-2H3,(H,14,17). The molecule has 1 aliphatic rings. The zero-order chi connectivity index (χ0) is 12.8. The molecule has 1 heterocycles. The summed E-state index contributed by atoms with van der Waals surface area (Å²) in [6, 6.07) is 1.85. The fourth-order valence-electron chi connectivity index (χ4n) is 1.65. The molecule has 0 radical (unpaired) electrons. The number of nitrogens with one attached hydrogen (secondary N) is 1. The van der Waals surface area contributed by atoms with Crippen LogP contribution in [-0.2, 0) is 4.79 Å². The van der Waals surface area contributed by atoms with E-state index < -0.39 is 29.1 Å². The number of anilines is 1. The van der Waals surface area contributed by atoms with Crippen molar-refractivity contribution in [2.45, 2.75) is 19.4 Å². The maximum Gasteiger partial charge on any atom is 0.329 e. The maximum atomic E-state index is 13.0. The van der Waals surface area contributed by atoms with Crippen LogP contribution in [-0.4, -0.2) is 17.5 Å². The van der Waals surface area contributed by atoms with Crippen molar-refractivity contribution in [3.05, 3.63) is 29.8 Å². The SMILES string of the molecule is CC1(C)NC(=O)N(c2cc(F)cc(F)c2)C1=O. The van der Waals surface area contributed by atoms with Gasteiger partial charge in [0.25, 0.3) is 5.91 Å². The predicted molar refractivity (Wildman–Crippen MR) is 56.5 cm³/mol. The topological polar surface area (TPSA) is 49.4 Å². The number of hydrogen-bond donors (Lipinski definition) is 1. The zero-order valence-electron chi connectivity index (χ0n) is 9.25. The summed E-state index contributed by atoms with van der Waals surface area (Å²) in [6.45, 7) is 3.03. The highest BCUT2D eigenvalue weighted by atomic mass is 19.1. The Bertz CT molecular complexity index is 494. The average molecular weight is 240 g/mol. The monoisotopic (exact) mass is 240 g/mol. The van der Waals surface area contributed by atoms with Gasteiger partial charge in [-0.15, -0.1) is 0 Å². The van der Waals surface area contributed by atoms with Crippen LogP contribution < -0.4 is 10.2 Å². The summed E-state index contributed by atoms with van der Waals surface area (Å²) >= 11 is 0. The number of urea groups is 1. The molecule has 2 rings (SSSR count). The van der Waals surface area contributed by atoms with Crippen LogP contribution in [0.4, 0.5) is 19.3 Å². The van der Waals surface area contributed by atoms with Crippen LogP contribution in [0.1, 0.15) is 13.8 Å². The lowest BCUT2D eigenvalue weighted by Crippen LogP contribution is -2.40. The summed E-state index contributed by atoms with van der Waals surface area (Å²) in [7, 11) is 0. The number of halogens is 2. The predicted octanol–water partition coefficient (Wildman–Crippen LogP) is 1.80. The molecule has 0 unspecified atom stereocenters. The minimum absolute atomic E-state index is 0.115. The minimum atomic E-state index is -1.07. The second-order valence-electron chi connectivity index (χ2n) is 4.32. The molecule has 0 spiro atoms. The average Bonchev–Trinajstić information content (AvgIpc) is 2.34. The minimum Gasteiger partial charge on any atom is -0.323 e. The van der Waals surface area contributed by atoms with E-state index in [0.29, 0.717) is 6.07 Å². The highest BCUT2D eigenvalue weighted by Crippen LogP contribution is 2.25. The normalized spacial score (nSPS) is 18.5. The largest absolute Gasteiger partial charge is 0.329 e. The van der Waals surface area contributed by atoms with Crippen molar-refractivity contribution in [1.82, 2.24) is 5.32 Å². The molecule has 0 bridgehead atoms. The van der Waals surface area contributed by atoms with E-state index in [-0.39, 0.29) is 5.69 Å². The summed E-state index contributed by atoms with van der Waals surface area (Å²) in [4.78, 5) is 24.2. The Labute approximate surface area is 96.2 Å². The van der Waals surface area contributed by atoms with Crippen molar-refractivity contribution in [3.63, 3.8) is 0 Å². The number of rotatable bonds is 1. The fourth-order valence-corrected chi connectivity index (χ4v) is 1.65. The van der Waals surface area contributed by atoms with Crippen LogP contribution >= 0.6 is 0 Å². The van der Waals surface area contributed by atoms with Gasteiger partial charge < -0.3 is 5.32 Å². The molecule has 4 nitrogen and oxygen atoms in total. The van der Waals surface area contributed by atoms with Crippen LogP contribution in [0.5, 0.6) is 0 Å². The molecule has 0 aromatic heterocycles. The van der Waals surface area contributed by atoms with Gasteiger partial charge >= 0.3 is 6.03 Å². The molecule has 6 heteroatoms. The lowest BCUT2D eigenvalue weighted by Gasteiger charge is -2.16. The van der Waals surface area contributed by atoms with E-state index in [1.165, 1.54) is 13.8 Å². The first kappa shape index (κ1) is 11.5. The molecule has 3 amide bonds. The zero-order valence-corrected chi connectivity index (χ0v) is 9.25. The molecule has 0 aliphatic carbocycles. The molecular formula is C11H10F2N2O2. The van der Waals surface area contributed by atoms with Crippen LogP contribution in [0.3, 0.4) is 0 Å². The first-order chi connectivity index (χ1) is 7.81. The molecule has 1 N–H and O–H groups in total. The highest BCUT2D eigenvalue weighted by Gasteiger charge is 2.45. The van der Waals surface area contributed by atoms with Gasteiger partial charge in [0.1, 0.15) is 17.2 Å². The van der Waals surface area contributed by atoms with Gasteiger partial charge in [-0.25, -0.2) is 18.5 Å². The van der Waals surface area contributed by atoms with Gasteiger partial charge in [-0.05, 0) is 26.0 Å². The van der Waals surface area contributed by atoms with Crippen LogP contribution in [0.15, 0.2) is 18.2 Å². The fraction of sp³-hybridized carbons (Fsp3) is 0.273. The van der Waals surface area contributed by atoms with Crippen molar-refractivity contribution >= 4 is 17.6 Å². The molecule has 1 aliphatic heterocycles. The lowest BCUT2D eigenvalue weighted by atomic mass is 10.1. The Kier molecular flexibility index (Phi) is 2.38. The van der Waals surface area contributed by atoms with Crippen LogP contribution in [0.2, 0.25) is 0 Å². The van der Waals surface area contributed by atoms with Gasteiger partial charge in [0.15, 0.2) is 0 Å². The molecule has 1 aromatic carbocycles. The Morgan fingerprint density at radius 2 is 1.65 bits per heavy atom. The Morgan fingerprint density at radius 3 is 2.06 bits per heavy atom. The smallest absolute Gasteiger partial charge is 0.323 e. The number of amides is 3. The number of carbonyl (C=O) groups excluding carboxylic acids is 2. The molecule has 0 atom stereocenters. The number of nitrogens with zero attached hydrogens (tertiary/aromatic N) is 1. The third-order valence-corrected chi connectivity index (χ3v) is 2.47. The number of carbonyl (C=O) groups is 2. The Morgan fingerprint density at radius 1 is 1.12 bits per heavy atom. The van der Waals surface area contributed by atoms with E-state index in [1.807, 2.05) is 0 Å². The van der Waals surface area contributed by atoms with Crippen molar-refractivity contribution in [2.24, 2.45) is 0 Å². The number of hydrogen-bond acceptors (Lipinski definition) is 2. The third kappa shape index (κ3) is 1.86. The Balaban J connectivity index is 2.47. The second kappa shape index (κ2) is 3.51. The van der Waals surface area contributed by atoms with Crippen molar-refractivity contribution in [1.29, 1.82) is 0 Å². The number of benzene rings is 1. The van der Waals surface area contributed by atoms with E-state index in [9.17, 15) is 18.4 Å². The molecule has 90 valence electrons. The summed E-state index contributed by atoms with van der Waals surface area (Å²) in [5.74, 6) is -2.23. The molecule has 1 saturated heterocycles. The van der Waals surface area contributed by atoms with Crippen molar-refractivity contribution in [2.75, 3.05) is 4.90 Å². The first-order valence-corrected chi connectivity index (χ1v) is 4.94. The maximum absolute atomic E-state index is 13.0. The molecule has 1 fully saturated rings. The number of imide groups is 1. The summed E-state index contributed by atoms with van der Waals surface area (Å²) < 4.78 is 26.0. The van der Waals surface area contributed by atoms with Crippen LogP contribution in [0.25, 0.3) is 0 Å².